The van der Waals surface area contributed by atoms with E-state index >= 15 is 0 Å². The largest absolute Gasteiger partial charge is 0.396 e. The number of nitrogens with one attached hydrogen (secondary N) is 1. The van der Waals surface area contributed by atoms with Crippen LogP contribution >= 0.6 is 0 Å². The molecule has 2 N–H and O–H groups in total. The van der Waals surface area contributed by atoms with Crippen molar-refractivity contribution in [2.75, 3.05) is 18.5 Å². The molecular formula is C14H18N4O. The van der Waals surface area contributed by atoms with E-state index in [-0.39, 0.29) is 6.61 Å². The molecule has 1 aliphatic heterocycles. The molecule has 0 aliphatic carbocycles. The van der Waals surface area contributed by atoms with E-state index in [4.69, 9.17) is 5.11 Å². The molecule has 0 radical (unpaired) electrons. The molecule has 19 heavy (non-hydrogen) atoms. The van der Waals surface area contributed by atoms with Gasteiger partial charge in [-0.15, -0.1) is 5.10 Å². The number of benzene rings is 1. The molecule has 0 saturated heterocycles. The van der Waals surface area contributed by atoms with Gasteiger partial charge < -0.3 is 10.4 Å². The van der Waals surface area contributed by atoms with Crippen LogP contribution < -0.4 is 5.32 Å². The van der Waals surface area contributed by atoms with Gasteiger partial charge in [0.05, 0.1) is 0 Å². The minimum absolute atomic E-state index is 0.223. The van der Waals surface area contributed by atoms with Crippen molar-refractivity contribution in [1.82, 2.24) is 14.8 Å². The minimum atomic E-state index is 0.223. The van der Waals surface area contributed by atoms with Crippen LogP contribution in [-0.2, 0) is 6.54 Å². The van der Waals surface area contributed by atoms with Crippen molar-refractivity contribution in [3.8, 4) is 11.4 Å². The summed E-state index contributed by atoms with van der Waals surface area (Å²) in [6.07, 6.45) is 0.798. The van der Waals surface area contributed by atoms with Gasteiger partial charge in [0.25, 0.3) is 0 Å². The van der Waals surface area contributed by atoms with Crippen molar-refractivity contribution in [3.63, 3.8) is 0 Å². The third kappa shape index (κ3) is 2.46. The first-order valence-corrected chi connectivity index (χ1v) is 6.63. The van der Waals surface area contributed by atoms with Crippen LogP contribution in [0.4, 0.5) is 5.95 Å². The van der Waals surface area contributed by atoms with E-state index in [9.17, 15) is 0 Å². The smallest absolute Gasteiger partial charge is 0.221 e. The van der Waals surface area contributed by atoms with E-state index < -0.39 is 0 Å². The van der Waals surface area contributed by atoms with Crippen molar-refractivity contribution in [1.29, 1.82) is 0 Å². The summed E-state index contributed by atoms with van der Waals surface area (Å²) >= 11 is 0. The maximum Gasteiger partial charge on any atom is 0.221 e. The van der Waals surface area contributed by atoms with Gasteiger partial charge in [-0.3, -0.25) is 0 Å². The summed E-state index contributed by atoms with van der Waals surface area (Å²) in [6.45, 7) is 3.96. The Bertz CT molecular complexity index is 561. The average Bonchev–Trinajstić information content (AvgIpc) is 2.83. The molecule has 1 atom stereocenters. The number of hydrogen-bond donors (Lipinski definition) is 2. The molecule has 2 aromatic rings. The first-order valence-electron chi connectivity index (χ1n) is 6.63. The molecule has 0 bridgehead atoms. The molecule has 5 heteroatoms. The summed E-state index contributed by atoms with van der Waals surface area (Å²) in [7, 11) is 0. The maximum atomic E-state index is 9.00. The van der Waals surface area contributed by atoms with Gasteiger partial charge in [-0.25, -0.2) is 4.68 Å². The fraction of sp³-hybridized carbons (Fsp3) is 0.429. The quantitative estimate of drug-likeness (QED) is 0.879. The van der Waals surface area contributed by atoms with Gasteiger partial charge in [-0.05, 0) is 19.3 Å². The molecule has 0 amide bonds. The zero-order valence-corrected chi connectivity index (χ0v) is 11.0. The van der Waals surface area contributed by atoms with Crippen molar-refractivity contribution < 1.29 is 5.11 Å². The lowest BCUT2D eigenvalue weighted by Gasteiger charge is -2.22. The summed E-state index contributed by atoms with van der Waals surface area (Å²) in [5.41, 5.74) is 2.27. The second kappa shape index (κ2) is 5.01. The molecule has 5 nitrogen and oxygen atoms in total. The van der Waals surface area contributed by atoms with E-state index in [1.165, 1.54) is 5.56 Å². The van der Waals surface area contributed by atoms with Gasteiger partial charge in [-0.1, -0.05) is 29.8 Å². The molecule has 0 fully saturated rings. The van der Waals surface area contributed by atoms with Gasteiger partial charge in [0.15, 0.2) is 5.82 Å². The number of aliphatic hydroxyl groups excluding tert-OH is 1. The summed E-state index contributed by atoms with van der Waals surface area (Å²) in [6, 6.07) is 8.22. The number of fused-ring (bicyclic) bond motifs is 1. The Labute approximate surface area is 112 Å². The van der Waals surface area contributed by atoms with Crippen LogP contribution in [0.25, 0.3) is 11.4 Å². The molecule has 2 heterocycles. The number of aryl methyl sites for hydroxylation is 1. The molecule has 0 spiro atoms. The van der Waals surface area contributed by atoms with Crippen molar-refractivity contribution in [3.05, 3.63) is 29.8 Å². The van der Waals surface area contributed by atoms with Crippen LogP contribution in [0.15, 0.2) is 24.3 Å². The number of nitrogens with zero attached hydrogens (tertiary/aromatic N) is 3. The van der Waals surface area contributed by atoms with Crippen LogP contribution in [0.1, 0.15) is 12.0 Å². The molecule has 1 aromatic carbocycles. The number of anilines is 1. The average molecular weight is 258 g/mol. The second-order valence-corrected chi connectivity index (χ2v) is 5.07. The lowest BCUT2D eigenvalue weighted by atomic mass is 10.1. The predicted octanol–water partition coefficient (Wildman–Crippen LogP) is 1.68. The monoisotopic (exact) mass is 258 g/mol. The lowest BCUT2D eigenvalue weighted by Crippen LogP contribution is -2.28. The van der Waals surface area contributed by atoms with Crippen LogP contribution in [0.2, 0.25) is 0 Å². The Kier molecular flexibility index (Phi) is 3.21. The highest BCUT2D eigenvalue weighted by molar-refractivity contribution is 5.56. The summed E-state index contributed by atoms with van der Waals surface area (Å²) in [4.78, 5) is 4.52. The van der Waals surface area contributed by atoms with Gasteiger partial charge >= 0.3 is 0 Å². The van der Waals surface area contributed by atoms with Crippen LogP contribution in [0.5, 0.6) is 0 Å². The lowest BCUT2D eigenvalue weighted by molar-refractivity contribution is 0.244. The third-order valence-electron chi connectivity index (χ3n) is 3.50. The van der Waals surface area contributed by atoms with E-state index in [0.29, 0.717) is 5.92 Å². The highest BCUT2D eigenvalue weighted by atomic mass is 16.3. The van der Waals surface area contributed by atoms with Crippen LogP contribution in [0.3, 0.4) is 0 Å². The topological polar surface area (TPSA) is 63.0 Å². The van der Waals surface area contributed by atoms with E-state index in [2.05, 4.69) is 34.5 Å². The van der Waals surface area contributed by atoms with E-state index in [1.807, 2.05) is 16.8 Å². The van der Waals surface area contributed by atoms with Crippen LogP contribution in [0, 0.1) is 12.8 Å². The van der Waals surface area contributed by atoms with E-state index in [0.717, 1.165) is 36.8 Å². The van der Waals surface area contributed by atoms with E-state index in [1.54, 1.807) is 0 Å². The molecule has 0 saturated carbocycles. The summed E-state index contributed by atoms with van der Waals surface area (Å²) in [5.74, 6) is 2.00. The fourth-order valence-electron chi connectivity index (χ4n) is 2.35. The number of aromatic nitrogens is 3. The Hall–Kier alpha value is -1.88. The maximum absolute atomic E-state index is 9.00. The van der Waals surface area contributed by atoms with Gasteiger partial charge in [0, 0.05) is 25.3 Å². The molecule has 1 unspecified atom stereocenters. The number of aliphatic hydroxyl groups is 1. The predicted molar refractivity (Wildman–Crippen MR) is 73.9 cm³/mol. The molecule has 1 aliphatic rings. The first-order chi connectivity index (χ1) is 9.26. The Morgan fingerprint density at radius 3 is 2.89 bits per heavy atom. The molecule has 3 rings (SSSR count). The van der Waals surface area contributed by atoms with Crippen molar-refractivity contribution in [2.24, 2.45) is 5.92 Å². The molecule has 100 valence electrons. The molecular weight excluding hydrogens is 240 g/mol. The second-order valence-electron chi connectivity index (χ2n) is 5.07. The van der Waals surface area contributed by atoms with Crippen molar-refractivity contribution >= 4 is 5.95 Å². The SMILES string of the molecule is Cc1ccc(-c2nc3n(n2)CC(CCO)CN3)cc1. The Balaban J connectivity index is 1.85. The summed E-state index contributed by atoms with van der Waals surface area (Å²) in [5, 5.41) is 16.8. The zero-order chi connectivity index (χ0) is 13.2. The highest BCUT2D eigenvalue weighted by Crippen LogP contribution is 2.22. The third-order valence-corrected chi connectivity index (χ3v) is 3.50. The van der Waals surface area contributed by atoms with Gasteiger partial charge in [0.1, 0.15) is 0 Å². The van der Waals surface area contributed by atoms with Gasteiger partial charge in [0.2, 0.25) is 5.95 Å². The Morgan fingerprint density at radius 2 is 2.16 bits per heavy atom. The summed E-state index contributed by atoms with van der Waals surface area (Å²) < 4.78 is 1.90. The standard InChI is InChI=1S/C14H18N4O/c1-10-2-4-12(5-3-10)13-16-14-15-8-11(6-7-19)9-18(14)17-13/h2-5,11,19H,6-9H2,1H3,(H,15,16,17). The van der Waals surface area contributed by atoms with Crippen molar-refractivity contribution in [2.45, 2.75) is 19.9 Å². The fourth-order valence-corrected chi connectivity index (χ4v) is 2.35. The molecule has 1 aromatic heterocycles. The minimum Gasteiger partial charge on any atom is -0.396 e. The first kappa shape index (κ1) is 12.2. The van der Waals surface area contributed by atoms with Gasteiger partial charge in [-0.2, -0.15) is 4.98 Å². The highest BCUT2D eigenvalue weighted by Gasteiger charge is 2.21. The normalized spacial score (nSPS) is 17.9. The Morgan fingerprint density at radius 1 is 1.37 bits per heavy atom. The zero-order valence-electron chi connectivity index (χ0n) is 11.0. The van der Waals surface area contributed by atoms with Crippen LogP contribution in [-0.4, -0.2) is 33.0 Å². The number of hydrogen-bond acceptors (Lipinski definition) is 4. The number of rotatable bonds is 3.